The predicted molar refractivity (Wildman–Crippen MR) is 481 cm³/mol. The average Bonchev–Trinajstić information content (AvgIpc) is 1.72. The number of aromatic nitrogens is 8. The Bertz CT molecular complexity index is 6840. The predicted octanol–water partition coefficient (Wildman–Crippen LogP) is 27.6. The number of benzene rings is 14. The van der Waals surface area contributed by atoms with Gasteiger partial charge in [-0.1, -0.05) is 232 Å². The fraction of sp³-hybridized carbons (Fsp3) is 0.0275. The normalized spacial score (nSPS) is 11.9. The van der Waals surface area contributed by atoms with E-state index in [1.165, 1.54) is 110 Å². The Balaban J connectivity index is 0.000000151. The Morgan fingerprint density at radius 2 is 0.410 bits per heavy atom. The Labute approximate surface area is 679 Å². The molecule has 1 aliphatic rings. The minimum absolute atomic E-state index is 0.0836. The molecule has 0 saturated carbocycles. The van der Waals surface area contributed by atoms with Crippen molar-refractivity contribution in [3.8, 4) is 167 Å². The highest BCUT2D eigenvalue weighted by Gasteiger charge is 2.35. The number of rotatable bonds is 14. The van der Waals surface area contributed by atoms with Gasteiger partial charge in [-0.15, -0.1) is 0 Å². The summed E-state index contributed by atoms with van der Waals surface area (Å²) in [5.74, 6) is 0. The number of fused-ring (bicyclic) bond motifs is 9. The van der Waals surface area contributed by atoms with Gasteiger partial charge in [-0.05, 0) is 275 Å². The lowest BCUT2D eigenvalue weighted by molar-refractivity contribution is 0.660. The summed E-state index contributed by atoms with van der Waals surface area (Å²) in [4.78, 5) is 34.8. The highest BCUT2D eigenvalue weighted by atomic mass is 14.8. The van der Waals surface area contributed by atoms with Crippen LogP contribution >= 0.6 is 0 Å². The second-order valence-electron chi connectivity index (χ2n) is 30.5. The summed E-state index contributed by atoms with van der Waals surface area (Å²) in [6.07, 6.45) is 25.4. The van der Waals surface area contributed by atoms with Gasteiger partial charge < -0.3 is 0 Å². The van der Waals surface area contributed by atoms with E-state index >= 15 is 0 Å². The number of nitrogens with zero attached hydrogens (tertiary/aromatic N) is 8. The van der Waals surface area contributed by atoms with E-state index in [-0.39, 0.29) is 5.41 Å². The van der Waals surface area contributed by atoms with Gasteiger partial charge >= 0.3 is 0 Å². The van der Waals surface area contributed by atoms with Crippen LogP contribution in [0.4, 0.5) is 0 Å². The first-order valence-corrected chi connectivity index (χ1v) is 39.4. The van der Waals surface area contributed by atoms with Crippen molar-refractivity contribution >= 4 is 32.3 Å². The third kappa shape index (κ3) is 14.1. The number of pyridine rings is 4. The quantitative estimate of drug-likeness (QED) is 0.0992. The van der Waals surface area contributed by atoms with Crippen LogP contribution in [0, 0.1) is 0 Å². The van der Waals surface area contributed by atoms with Crippen molar-refractivity contribution in [2.75, 3.05) is 0 Å². The molecule has 6 aromatic heterocycles. The topological polar surface area (TPSA) is 103 Å². The van der Waals surface area contributed by atoms with Crippen LogP contribution in [0.2, 0.25) is 0 Å². The molecule has 6 heterocycles. The fourth-order valence-electron chi connectivity index (χ4n) is 17.0. The Morgan fingerprint density at radius 1 is 0.154 bits per heavy atom. The van der Waals surface area contributed by atoms with Gasteiger partial charge in [0.25, 0.3) is 0 Å². The van der Waals surface area contributed by atoms with E-state index in [0.29, 0.717) is 0 Å². The van der Waals surface area contributed by atoms with Gasteiger partial charge in [0, 0.05) is 124 Å². The molecule has 8 nitrogen and oxygen atoms in total. The zero-order valence-electron chi connectivity index (χ0n) is 64.3. The third-order valence-corrected chi connectivity index (χ3v) is 23.0. The fourth-order valence-corrected chi connectivity index (χ4v) is 17.0. The Kier molecular flexibility index (Phi) is 18.5. The molecule has 0 N–H and O–H groups in total. The second-order valence-corrected chi connectivity index (χ2v) is 30.5. The number of hydrogen-bond acceptors (Lipinski definition) is 8. The van der Waals surface area contributed by atoms with Gasteiger partial charge in [0.05, 0.1) is 0 Å². The molecule has 0 radical (unpaired) electrons. The van der Waals surface area contributed by atoms with Crippen molar-refractivity contribution < 1.29 is 0 Å². The monoisotopic (exact) mass is 1490 g/mol. The lowest BCUT2D eigenvalue weighted by Gasteiger charge is -2.22. The van der Waals surface area contributed by atoms with Gasteiger partial charge in [0.15, 0.2) is 0 Å². The van der Waals surface area contributed by atoms with E-state index in [9.17, 15) is 0 Å². The maximum atomic E-state index is 4.60. The SMILES string of the molecule is CC1(C)c2ccccc2-c2ccc(-c3cc(-c4cccc(-c5cccc(-c6cccnc6)c5)c4)cc(-c4cccc(-c5cccc(-c6cccnc6)c5)c4)c3)cc21.c1cc(-c2cncc(-c3cncnc3)c2)cc(-c2cc(-c3cccc(-c4cncc(-c5cncnc5)c4)c3)cc(-c3ccc4c5ccccc5c5ccccc5c4c3)c2)c1. The van der Waals surface area contributed by atoms with Gasteiger partial charge in [-0.25, -0.2) is 19.9 Å². The maximum Gasteiger partial charge on any atom is 0.115 e. The summed E-state index contributed by atoms with van der Waals surface area (Å²) in [6.45, 7) is 4.71. The van der Waals surface area contributed by atoms with Gasteiger partial charge in [0.2, 0.25) is 0 Å². The molecule has 20 aromatic rings. The highest BCUT2D eigenvalue weighted by Crippen LogP contribution is 2.51. The summed E-state index contributed by atoms with van der Waals surface area (Å²) < 4.78 is 0. The van der Waals surface area contributed by atoms with Gasteiger partial charge in [0.1, 0.15) is 12.7 Å². The molecule has 117 heavy (non-hydrogen) atoms. The lowest BCUT2D eigenvalue weighted by atomic mass is 9.81. The van der Waals surface area contributed by atoms with Gasteiger partial charge in [-0.3, -0.25) is 19.9 Å². The van der Waals surface area contributed by atoms with Gasteiger partial charge in [-0.2, -0.15) is 0 Å². The van der Waals surface area contributed by atoms with Crippen LogP contribution in [0.1, 0.15) is 25.0 Å². The van der Waals surface area contributed by atoms with E-state index in [1.807, 2.05) is 86.5 Å². The lowest BCUT2D eigenvalue weighted by Crippen LogP contribution is -2.14. The summed E-state index contributed by atoms with van der Waals surface area (Å²) in [7, 11) is 0. The first kappa shape index (κ1) is 70.7. The smallest absolute Gasteiger partial charge is 0.115 e. The molecule has 0 bridgehead atoms. The molecule has 0 aliphatic heterocycles. The summed E-state index contributed by atoms with van der Waals surface area (Å²) in [5.41, 5.74) is 36.5. The van der Waals surface area contributed by atoms with E-state index in [4.69, 9.17) is 0 Å². The summed E-state index contributed by atoms with van der Waals surface area (Å²) >= 11 is 0. The zero-order chi connectivity index (χ0) is 78.2. The molecule has 8 heteroatoms. The summed E-state index contributed by atoms with van der Waals surface area (Å²) in [5, 5.41) is 7.54. The van der Waals surface area contributed by atoms with Crippen molar-refractivity contribution in [3.63, 3.8) is 0 Å². The molecular weight excluding hydrogens is 1420 g/mol. The second kappa shape index (κ2) is 30.6. The van der Waals surface area contributed by atoms with Crippen LogP contribution in [0.25, 0.3) is 199 Å². The average molecular weight is 1500 g/mol. The van der Waals surface area contributed by atoms with Crippen molar-refractivity contribution in [1.29, 1.82) is 0 Å². The minimum Gasteiger partial charge on any atom is -0.264 e. The van der Waals surface area contributed by atoms with E-state index in [2.05, 4.69) is 369 Å². The molecule has 0 amide bonds. The molecule has 0 spiro atoms. The standard InChI is InChI=1S/C55H40N2.C54H34N6/c1-55(2)53-22-4-3-21-51(53)52-24-23-45(34-54(52)55)50-32-48(43-17-7-13-39(29-43)37-11-5-15-41(27-37)46-19-9-25-56-35-46)31-49(33-50)44-18-8-14-40(30-44)38-12-6-16-42(28-38)47-20-10-26-57-36-47;1-2-13-51-49(11-1)50-12-3-4-14-52(50)54-24-39(15-16-53(51)54)42-20-40(35-7-5-9-37(17-35)43-22-45(27-55-25-43)47-29-57-33-58-30-47)19-41(21-42)36-8-6-10-38(18-36)44-23-46(28-56-26-44)48-31-59-34-60-32-48/h3-36H,1-2H3;1-34H. The Hall–Kier alpha value is -15.4. The van der Waals surface area contributed by atoms with E-state index in [0.717, 1.165) is 100 Å². The van der Waals surface area contributed by atoms with Crippen LogP contribution in [-0.4, -0.2) is 39.9 Å². The molecular formula is C109H74N8. The van der Waals surface area contributed by atoms with Crippen LogP contribution in [-0.2, 0) is 5.41 Å². The molecule has 0 saturated heterocycles. The third-order valence-electron chi connectivity index (χ3n) is 23.0. The van der Waals surface area contributed by atoms with Crippen LogP contribution in [0.3, 0.4) is 0 Å². The largest absolute Gasteiger partial charge is 0.264 e. The molecule has 0 fully saturated rings. The van der Waals surface area contributed by atoms with Crippen LogP contribution in [0.15, 0.2) is 415 Å². The summed E-state index contributed by atoms with van der Waals surface area (Å²) in [6, 6.07) is 120. The highest BCUT2D eigenvalue weighted by molar-refractivity contribution is 6.26. The van der Waals surface area contributed by atoms with E-state index in [1.54, 1.807) is 12.7 Å². The van der Waals surface area contributed by atoms with Crippen LogP contribution < -0.4 is 0 Å². The molecule has 0 atom stereocenters. The van der Waals surface area contributed by atoms with Crippen molar-refractivity contribution in [3.05, 3.63) is 426 Å². The van der Waals surface area contributed by atoms with Crippen molar-refractivity contribution in [2.45, 2.75) is 19.3 Å². The number of hydrogen-bond donors (Lipinski definition) is 0. The van der Waals surface area contributed by atoms with Crippen molar-refractivity contribution in [1.82, 2.24) is 39.9 Å². The van der Waals surface area contributed by atoms with Crippen molar-refractivity contribution in [2.24, 2.45) is 0 Å². The molecule has 14 aromatic carbocycles. The molecule has 1 aliphatic carbocycles. The first-order chi connectivity index (χ1) is 57.7. The molecule has 0 unspecified atom stereocenters. The van der Waals surface area contributed by atoms with Crippen LogP contribution in [0.5, 0.6) is 0 Å². The molecule has 21 rings (SSSR count). The Morgan fingerprint density at radius 3 is 0.795 bits per heavy atom. The molecule has 550 valence electrons. The van der Waals surface area contributed by atoms with E-state index < -0.39 is 0 Å². The zero-order valence-corrected chi connectivity index (χ0v) is 64.3. The maximum absolute atomic E-state index is 4.60. The minimum atomic E-state index is -0.0836. The first-order valence-electron chi connectivity index (χ1n) is 39.4.